The fourth-order valence-electron chi connectivity index (χ4n) is 2.71. The molecule has 130 valence electrons. The van der Waals surface area contributed by atoms with Crippen LogP contribution in [0.3, 0.4) is 0 Å². The van der Waals surface area contributed by atoms with E-state index in [0.29, 0.717) is 18.7 Å². The molecule has 0 aliphatic rings. The Morgan fingerprint density at radius 2 is 2.00 bits per heavy atom. The molecule has 0 fully saturated rings. The first-order valence-electron chi connectivity index (χ1n) is 8.59. The molecular formula is C19H23N5O. The number of carbonyl (C=O) groups excluding carboxylic acids is 1. The summed E-state index contributed by atoms with van der Waals surface area (Å²) in [5.74, 6) is 0.700. The Morgan fingerprint density at radius 1 is 1.12 bits per heavy atom. The molecule has 6 nitrogen and oxygen atoms in total. The van der Waals surface area contributed by atoms with Crippen molar-refractivity contribution in [1.82, 2.24) is 24.9 Å². The zero-order valence-electron chi connectivity index (χ0n) is 14.7. The van der Waals surface area contributed by atoms with Crippen LogP contribution in [0.2, 0.25) is 0 Å². The van der Waals surface area contributed by atoms with Crippen LogP contribution < -0.4 is 5.32 Å². The molecule has 1 amide bonds. The average Bonchev–Trinajstić information content (AvgIpc) is 3.07. The summed E-state index contributed by atoms with van der Waals surface area (Å²) < 4.78 is 1.66. The van der Waals surface area contributed by atoms with Gasteiger partial charge in [-0.05, 0) is 55.4 Å². The predicted molar refractivity (Wildman–Crippen MR) is 96.3 cm³/mol. The van der Waals surface area contributed by atoms with E-state index in [0.717, 1.165) is 24.8 Å². The van der Waals surface area contributed by atoms with Gasteiger partial charge in [-0.2, -0.15) is 10.1 Å². The van der Waals surface area contributed by atoms with Crippen LogP contribution in [-0.2, 0) is 17.6 Å². The molecule has 0 aliphatic heterocycles. The third kappa shape index (κ3) is 4.62. The van der Waals surface area contributed by atoms with Crippen LogP contribution in [0, 0.1) is 13.8 Å². The maximum Gasteiger partial charge on any atom is 0.252 e. The lowest BCUT2D eigenvalue weighted by molar-refractivity contribution is -0.121. The van der Waals surface area contributed by atoms with Gasteiger partial charge in [-0.1, -0.05) is 18.2 Å². The van der Waals surface area contributed by atoms with E-state index in [2.05, 4.69) is 52.4 Å². The number of carbonyl (C=O) groups is 1. The highest BCUT2D eigenvalue weighted by Crippen LogP contribution is 2.11. The van der Waals surface area contributed by atoms with Crippen molar-refractivity contribution >= 4 is 11.7 Å². The second-order valence-electron chi connectivity index (χ2n) is 6.34. The van der Waals surface area contributed by atoms with Crippen molar-refractivity contribution in [3.8, 4) is 0 Å². The number of hydrogen-bond acceptors (Lipinski definition) is 4. The summed E-state index contributed by atoms with van der Waals surface area (Å²) in [7, 11) is 0. The van der Waals surface area contributed by atoms with E-state index in [1.165, 1.54) is 23.0 Å². The van der Waals surface area contributed by atoms with Gasteiger partial charge in [0.05, 0.1) is 0 Å². The van der Waals surface area contributed by atoms with Crippen LogP contribution in [0.25, 0.3) is 5.78 Å². The van der Waals surface area contributed by atoms with Gasteiger partial charge in [0.1, 0.15) is 6.33 Å². The van der Waals surface area contributed by atoms with Crippen LogP contribution in [0.1, 0.15) is 35.1 Å². The van der Waals surface area contributed by atoms with Gasteiger partial charge in [-0.15, -0.1) is 0 Å². The van der Waals surface area contributed by atoms with Crippen molar-refractivity contribution in [3.63, 3.8) is 0 Å². The fraction of sp³-hybridized carbons (Fsp3) is 0.368. The highest BCUT2D eigenvalue weighted by atomic mass is 16.1. The molecular weight excluding hydrogens is 314 g/mol. The lowest BCUT2D eigenvalue weighted by Gasteiger charge is -2.07. The van der Waals surface area contributed by atoms with Crippen LogP contribution in [0.15, 0.2) is 36.9 Å². The van der Waals surface area contributed by atoms with Gasteiger partial charge in [-0.25, -0.2) is 9.50 Å². The standard InChI is InChI=1S/C19H23N5O/c1-14-5-6-16(10-15(14)2)7-8-18(25)20-9-3-4-17-11-21-19-22-13-23-24(19)12-17/h5-6,10-13H,3-4,7-9H2,1-2H3,(H,20,25). The summed E-state index contributed by atoms with van der Waals surface area (Å²) >= 11 is 0. The molecule has 6 heteroatoms. The number of hydrogen-bond donors (Lipinski definition) is 1. The zero-order valence-corrected chi connectivity index (χ0v) is 14.7. The fourth-order valence-corrected chi connectivity index (χ4v) is 2.71. The van der Waals surface area contributed by atoms with Crippen molar-refractivity contribution in [3.05, 3.63) is 59.2 Å². The Morgan fingerprint density at radius 3 is 2.84 bits per heavy atom. The van der Waals surface area contributed by atoms with E-state index in [4.69, 9.17) is 0 Å². The van der Waals surface area contributed by atoms with Crippen molar-refractivity contribution in [2.45, 2.75) is 39.5 Å². The van der Waals surface area contributed by atoms with Crippen LogP contribution in [0.4, 0.5) is 0 Å². The lowest BCUT2D eigenvalue weighted by Crippen LogP contribution is -2.25. The van der Waals surface area contributed by atoms with Crippen molar-refractivity contribution in [2.75, 3.05) is 6.54 Å². The first kappa shape index (κ1) is 17.1. The summed E-state index contributed by atoms with van der Waals surface area (Å²) in [6.07, 6.45) is 8.25. The zero-order chi connectivity index (χ0) is 17.6. The predicted octanol–water partition coefficient (Wildman–Crippen LogP) is 2.42. The van der Waals surface area contributed by atoms with Crippen molar-refractivity contribution in [2.24, 2.45) is 0 Å². The molecule has 3 rings (SSSR count). The number of nitrogens with one attached hydrogen (secondary N) is 1. The quantitative estimate of drug-likeness (QED) is 0.672. The summed E-state index contributed by atoms with van der Waals surface area (Å²) in [5, 5.41) is 7.06. The van der Waals surface area contributed by atoms with Crippen LogP contribution in [0.5, 0.6) is 0 Å². The Balaban J connectivity index is 1.38. The summed E-state index contributed by atoms with van der Waals surface area (Å²) in [4.78, 5) is 20.2. The van der Waals surface area contributed by atoms with Crippen LogP contribution in [-0.4, -0.2) is 32.0 Å². The molecule has 2 heterocycles. The summed E-state index contributed by atoms with van der Waals surface area (Å²) in [6, 6.07) is 6.38. The first-order chi connectivity index (χ1) is 12.1. The number of rotatable bonds is 7. The third-order valence-corrected chi connectivity index (χ3v) is 4.36. The van der Waals surface area contributed by atoms with Crippen LogP contribution >= 0.6 is 0 Å². The third-order valence-electron chi connectivity index (χ3n) is 4.36. The average molecular weight is 337 g/mol. The maximum atomic E-state index is 12.0. The minimum atomic E-state index is 0.100. The Bertz CT molecular complexity index is 871. The molecule has 1 N–H and O–H groups in total. The normalized spacial score (nSPS) is 11.0. The van der Waals surface area contributed by atoms with E-state index in [9.17, 15) is 4.79 Å². The molecule has 0 bridgehead atoms. The Labute approximate surface area is 147 Å². The summed E-state index contributed by atoms with van der Waals surface area (Å²) in [6.45, 7) is 4.87. The smallest absolute Gasteiger partial charge is 0.252 e. The van der Waals surface area contributed by atoms with Gasteiger partial charge >= 0.3 is 0 Å². The molecule has 0 unspecified atom stereocenters. The van der Waals surface area contributed by atoms with Gasteiger partial charge in [0.2, 0.25) is 5.91 Å². The molecule has 0 saturated heterocycles. The second kappa shape index (κ2) is 7.88. The summed E-state index contributed by atoms with van der Waals surface area (Å²) in [5.41, 5.74) is 4.86. The number of amides is 1. The van der Waals surface area contributed by atoms with Crippen molar-refractivity contribution < 1.29 is 4.79 Å². The minimum absolute atomic E-state index is 0.100. The van der Waals surface area contributed by atoms with Gasteiger partial charge in [0.15, 0.2) is 0 Å². The highest BCUT2D eigenvalue weighted by Gasteiger charge is 2.04. The Hall–Kier alpha value is -2.76. The van der Waals surface area contributed by atoms with E-state index >= 15 is 0 Å². The topological polar surface area (TPSA) is 72.2 Å². The van der Waals surface area contributed by atoms with E-state index in [-0.39, 0.29) is 5.91 Å². The molecule has 2 aromatic heterocycles. The van der Waals surface area contributed by atoms with Crippen molar-refractivity contribution in [1.29, 1.82) is 0 Å². The maximum absolute atomic E-state index is 12.0. The molecule has 25 heavy (non-hydrogen) atoms. The molecule has 0 saturated carbocycles. The Kier molecular flexibility index (Phi) is 5.38. The molecule has 0 radical (unpaired) electrons. The number of nitrogens with zero attached hydrogens (tertiary/aromatic N) is 4. The minimum Gasteiger partial charge on any atom is -0.356 e. The second-order valence-corrected chi connectivity index (χ2v) is 6.34. The van der Waals surface area contributed by atoms with E-state index in [1.54, 1.807) is 4.52 Å². The van der Waals surface area contributed by atoms with E-state index in [1.807, 2.05) is 12.4 Å². The van der Waals surface area contributed by atoms with Gasteiger partial charge in [0, 0.05) is 25.4 Å². The molecule has 0 spiro atoms. The lowest BCUT2D eigenvalue weighted by atomic mass is 10.0. The monoisotopic (exact) mass is 337 g/mol. The molecule has 0 atom stereocenters. The van der Waals surface area contributed by atoms with Gasteiger partial charge < -0.3 is 5.32 Å². The number of aromatic nitrogens is 4. The number of fused-ring (bicyclic) bond motifs is 1. The molecule has 3 aromatic rings. The highest BCUT2D eigenvalue weighted by molar-refractivity contribution is 5.76. The number of benzene rings is 1. The van der Waals surface area contributed by atoms with Gasteiger partial charge in [0.25, 0.3) is 5.78 Å². The molecule has 0 aliphatic carbocycles. The van der Waals surface area contributed by atoms with E-state index < -0.39 is 0 Å². The van der Waals surface area contributed by atoms with Gasteiger partial charge in [-0.3, -0.25) is 4.79 Å². The molecule has 1 aromatic carbocycles. The largest absolute Gasteiger partial charge is 0.356 e. The number of aryl methyl sites for hydroxylation is 4. The first-order valence-corrected chi connectivity index (χ1v) is 8.59. The SMILES string of the molecule is Cc1ccc(CCC(=O)NCCCc2cnc3ncnn3c2)cc1C.